The van der Waals surface area contributed by atoms with Gasteiger partial charge in [-0.3, -0.25) is 9.44 Å². The van der Waals surface area contributed by atoms with E-state index < -0.39 is 20.0 Å². The number of hydrogen-bond donors (Lipinski definition) is 2. The van der Waals surface area contributed by atoms with E-state index in [1.54, 1.807) is 97.1 Å². The third kappa shape index (κ3) is 6.60. The lowest BCUT2D eigenvalue weighted by molar-refractivity contribution is 0.415. The highest BCUT2D eigenvalue weighted by atomic mass is 32.2. The molecule has 2 N–H and O–H groups in total. The van der Waals surface area contributed by atoms with Crippen molar-refractivity contribution in [3.05, 3.63) is 108 Å². The maximum atomic E-state index is 12.7. The SMILES string of the molecule is COc1ccc(NS(=O)(=O)c2ccc(Cc3ccc(S(=O)(=O)Nc4ccc(OC)cc4)cc3)cc2)cc1. The van der Waals surface area contributed by atoms with Crippen LogP contribution in [-0.2, 0) is 26.5 Å². The number of rotatable bonds is 10. The lowest BCUT2D eigenvalue weighted by Gasteiger charge is -2.10. The van der Waals surface area contributed by atoms with Gasteiger partial charge < -0.3 is 9.47 Å². The Hall–Kier alpha value is -4.02. The molecule has 10 heteroatoms. The molecule has 0 unspecified atom stereocenters. The molecule has 0 atom stereocenters. The normalized spacial score (nSPS) is 11.5. The Labute approximate surface area is 217 Å². The minimum Gasteiger partial charge on any atom is -0.497 e. The van der Waals surface area contributed by atoms with Crippen LogP contribution in [0.4, 0.5) is 11.4 Å². The Kier molecular flexibility index (Phi) is 7.70. The summed E-state index contributed by atoms with van der Waals surface area (Å²) in [7, 11) is -4.41. The molecular formula is C27H26N2O6S2. The van der Waals surface area contributed by atoms with Gasteiger partial charge in [0, 0.05) is 11.4 Å². The average molecular weight is 539 g/mol. The van der Waals surface area contributed by atoms with Crippen molar-refractivity contribution in [1.29, 1.82) is 0 Å². The van der Waals surface area contributed by atoms with Crippen LogP contribution in [-0.4, -0.2) is 31.1 Å². The quantitative estimate of drug-likeness (QED) is 0.297. The molecule has 0 fully saturated rings. The summed E-state index contributed by atoms with van der Waals surface area (Å²) in [4.78, 5) is 0.274. The largest absolute Gasteiger partial charge is 0.497 e. The Balaban J connectivity index is 1.40. The summed E-state index contributed by atoms with van der Waals surface area (Å²) in [6, 6.07) is 26.3. The van der Waals surface area contributed by atoms with E-state index in [1.807, 2.05) is 0 Å². The first-order valence-electron chi connectivity index (χ1n) is 11.2. The Morgan fingerprint density at radius 3 is 1.14 bits per heavy atom. The van der Waals surface area contributed by atoms with Crippen LogP contribution in [0, 0.1) is 0 Å². The molecule has 37 heavy (non-hydrogen) atoms. The average Bonchev–Trinajstić information content (AvgIpc) is 2.90. The number of hydrogen-bond acceptors (Lipinski definition) is 6. The molecule has 4 aromatic rings. The van der Waals surface area contributed by atoms with Crippen molar-refractivity contribution < 1.29 is 26.3 Å². The molecule has 0 saturated heterocycles. The van der Waals surface area contributed by atoms with E-state index in [0.717, 1.165) is 11.1 Å². The summed E-state index contributed by atoms with van der Waals surface area (Å²) < 4.78 is 66.1. The summed E-state index contributed by atoms with van der Waals surface area (Å²) in [6.07, 6.45) is 0.512. The van der Waals surface area contributed by atoms with Gasteiger partial charge in [-0.15, -0.1) is 0 Å². The summed E-state index contributed by atoms with van der Waals surface area (Å²) >= 11 is 0. The molecule has 0 aromatic heterocycles. The second kappa shape index (κ2) is 10.9. The van der Waals surface area contributed by atoms with Crippen LogP contribution in [0.15, 0.2) is 107 Å². The van der Waals surface area contributed by atoms with Crippen molar-refractivity contribution in [2.75, 3.05) is 23.7 Å². The van der Waals surface area contributed by atoms with Crippen molar-refractivity contribution in [2.45, 2.75) is 16.2 Å². The number of ether oxygens (including phenoxy) is 2. The molecule has 0 heterocycles. The maximum Gasteiger partial charge on any atom is 0.261 e. The molecule has 8 nitrogen and oxygen atoms in total. The molecule has 4 rings (SSSR count). The lowest BCUT2D eigenvalue weighted by Crippen LogP contribution is -2.13. The highest BCUT2D eigenvalue weighted by molar-refractivity contribution is 7.93. The molecule has 0 amide bonds. The van der Waals surface area contributed by atoms with Gasteiger partial charge in [0.15, 0.2) is 0 Å². The van der Waals surface area contributed by atoms with Gasteiger partial charge in [-0.05, 0) is 90.3 Å². The molecule has 192 valence electrons. The van der Waals surface area contributed by atoms with Crippen molar-refractivity contribution in [2.24, 2.45) is 0 Å². The standard InChI is InChI=1S/C27H26N2O6S2/c1-34-24-11-7-22(8-12-24)28-36(30,31)26-15-3-20(4-16-26)19-21-5-17-27(18-6-21)37(32,33)29-23-9-13-25(35-2)14-10-23/h3-18,28-29H,19H2,1-2H3. The molecule has 4 aromatic carbocycles. The van der Waals surface area contributed by atoms with E-state index in [2.05, 4.69) is 9.44 Å². The minimum absolute atomic E-state index is 0.137. The maximum absolute atomic E-state index is 12.7. The van der Waals surface area contributed by atoms with Crippen LogP contribution >= 0.6 is 0 Å². The van der Waals surface area contributed by atoms with Crippen LogP contribution in [0.2, 0.25) is 0 Å². The number of nitrogens with one attached hydrogen (secondary N) is 2. The van der Waals surface area contributed by atoms with E-state index in [1.165, 1.54) is 14.2 Å². The van der Waals surface area contributed by atoms with Crippen molar-refractivity contribution in [1.82, 2.24) is 0 Å². The monoisotopic (exact) mass is 538 g/mol. The van der Waals surface area contributed by atoms with Gasteiger partial charge in [0.25, 0.3) is 20.0 Å². The number of sulfonamides is 2. The molecular weight excluding hydrogens is 512 g/mol. The van der Waals surface area contributed by atoms with Crippen LogP contribution in [0.3, 0.4) is 0 Å². The fourth-order valence-electron chi connectivity index (χ4n) is 3.55. The summed E-state index contributed by atoms with van der Waals surface area (Å²) in [5.74, 6) is 1.26. The summed E-state index contributed by atoms with van der Waals surface area (Å²) in [6.45, 7) is 0. The van der Waals surface area contributed by atoms with Crippen LogP contribution in [0.25, 0.3) is 0 Å². The first-order chi connectivity index (χ1) is 17.7. The molecule has 0 saturated carbocycles. The molecule has 0 radical (unpaired) electrons. The van der Waals surface area contributed by atoms with Crippen molar-refractivity contribution in [3.63, 3.8) is 0 Å². The summed E-state index contributed by atoms with van der Waals surface area (Å²) in [5.41, 5.74) is 2.63. The van der Waals surface area contributed by atoms with Crippen LogP contribution in [0.5, 0.6) is 11.5 Å². The second-order valence-electron chi connectivity index (χ2n) is 8.13. The fraction of sp³-hybridized carbons (Fsp3) is 0.111. The molecule has 0 aliphatic heterocycles. The van der Waals surface area contributed by atoms with Gasteiger partial charge in [-0.2, -0.15) is 0 Å². The predicted octanol–water partition coefficient (Wildman–Crippen LogP) is 4.90. The Morgan fingerprint density at radius 1 is 0.514 bits per heavy atom. The van der Waals surface area contributed by atoms with Crippen LogP contribution < -0.4 is 18.9 Å². The zero-order valence-electron chi connectivity index (χ0n) is 20.2. The van der Waals surface area contributed by atoms with Gasteiger partial charge in [0.1, 0.15) is 11.5 Å². The van der Waals surface area contributed by atoms with E-state index in [9.17, 15) is 16.8 Å². The topological polar surface area (TPSA) is 111 Å². The van der Waals surface area contributed by atoms with E-state index >= 15 is 0 Å². The first kappa shape index (κ1) is 26.1. The van der Waals surface area contributed by atoms with Crippen LogP contribution in [0.1, 0.15) is 11.1 Å². The zero-order chi connectivity index (χ0) is 26.5. The van der Waals surface area contributed by atoms with Gasteiger partial charge >= 0.3 is 0 Å². The molecule has 0 aliphatic carbocycles. The third-order valence-electron chi connectivity index (χ3n) is 5.56. The van der Waals surface area contributed by atoms with Gasteiger partial charge in [0.2, 0.25) is 0 Å². The van der Waals surface area contributed by atoms with E-state index in [4.69, 9.17) is 9.47 Å². The smallest absolute Gasteiger partial charge is 0.261 e. The fourth-order valence-corrected chi connectivity index (χ4v) is 5.67. The van der Waals surface area contributed by atoms with E-state index in [0.29, 0.717) is 29.3 Å². The number of methoxy groups -OCH3 is 2. The Bertz CT molecular complexity index is 1430. The van der Waals surface area contributed by atoms with E-state index in [-0.39, 0.29) is 9.79 Å². The molecule has 0 aliphatic rings. The van der Waals surface area contributed by atoms with Gasteiger partial charge in [0.05, 0.1) is 24.0 Å². The zero-order valence-corrected chi connectivity index (χ0v) is 21.8. The summed E-state index contributed by atoms with van der Waals surface area (Å²) in [5, 5.41) is 0. The predicted molar refractivity (Wildman–Crippen MR) is 143 cm³/mol. The highest BCUT2D eigenvalue weighted by Gasteiger charge is 2.16. The van der Waals surface area contributed by atoms with Gasteiger partial charge in [-0.1, -0.05) is 24.3 Å². The second-order valence-corrected chi connectivity index (χ2v) is 11.5. The molecule has 0 bridgehead atoms. The third-order valence-corrected chi connectivity index (χ3v) is 8.35. The van der Waals surface area contributed by atoms with Gasteiger partial charge in [-0.25, -0.2) is 16.8 Å². The lowest BCUT2D eigenvalue weighted by atomic mass is 10.1. The number of anilines is 2. The van der Waals surface area contributed by atoms with Crippen molar-refractivity contribution in [3.8, 4) is 11.5 Å². The highest BCUT2D eigenvalue weighted by Crippen LogP contribution is 2.22. The molecule has 0 spiro atoms. The Morgan fingerprint density at radius 2 is 0.838 bits per heavy atom. The first-order valence-corrected chi connectivity index (χ1v) is 14.2. The number of benzene rings is 4. The minimum atomic E-state index is -3.75. The van der Waals surface area contributed by atoms with Crippen molar-refractivity contribution >= 4 is 31.4 Å².